The number of thiophene rings is 1. The Balaban J connectivity index is 2.53. The van der Waals surface area contributed by atoms with Gasteiger partial charge in [-0.25, -0.2) is 0 Å². The third kappa shape index (κ3) is 2.39. The molecule has 2 nitrogen and oxygen atoms in total. The Hall–Kier alpha value is -1.03. The molecule has 18 heavy (non-hydrogen) atoms. The van der Waals surface area contributed by atoms with Gasteiger partial charge in [-0.05, 0) is 37.1 Å². The molecular weight excluding hydrogens is 289 g/mol. The van der Waals surface area contributed by atoms with E-state index in [-0.39, 0.29) is 5.78 Å². The van der Waals surface area contributed by atoms with Crippen molar-refractivity contribution in [3.8, 4) is 0 Å². The van der Waals surface area contributed by atoms with Gasteiger partial charge in [-0.3, -0.25) is 4.79 Å². The standard InChI is InChI=1S/C13H11Cl2NOS/c1-6-3-7(2)10(16)4-8(6)12(17)9-5-11(14)18-13(9)15/h3-5H,16H2,1-2H3. The van der Waals surface area contributed by atoms with Crippen molar-refractivity contribution in [1.82, 2.24) is 0 Å². The first-order valence-corrected chi connectivity index (χ1v) is 6.83. The van der Waals surface area contributed by atoms with Gasteiger partial charge in [0, 0.05) is 11.3 Å². The Morgan fingerprint density at radius 2 is 1.78 bits per heavy atom. The molecule has 0 spiro atoms. The zero-order valence-corrected chi connectivity index (χ0v) is 12.2. The molecule has 0 atom stereocenters. The van der Waals surface area contributed by atoms with E-state index in [4.69, 9.17) is 28.9 Å². The maximum Gasteiger partial charge on any atom is 0.195 e. The lowest BCUT2D eigenvalue weighted by atomic mass is 9.98. The predicted molar refractivity (Wildman–Crippen MR) is 78.1 cm³/mol. The number of carbonyl (C=O) groups is 1. The summed E-state index contributed by atoms with van der Waals surface area (Å²) in [4.78, 5) is 12.4. The summed E-state index contributed by atoms with van der Waals surface area (Å²) in [5.74, 6) is -0.146. The van der Waals surface area contributed by atoms with Crippen LogP contribution in [0.25, 0.3) is 0 Å². The van der Waals surface area contributed by atoms with Crippen molar-refractivity contribution in [1.29, 1.82) is 0 Å². The summed E-state index contributed by atoms with van der Waals surface area (Å²) < 4.78 is 0.907. The van der Waals surface area contributed by atoms with Crippen LogP contribution in [0.15, 0.2) is 18.2 Å². The van der Waals surface area contributed by atoms with Gasteiger partial charge >= 0.3 is 0 Å². The Bertz CT molecular complexity index is 634. The van der Waals surface area contributed by atoms with Crippen molar-refractivity contribution in [2.45, 2.75) is 13.8 Å². The molecule has 0 amide bonds. The molecule has 0 aliphatic carbocycles. The van der Waals surface area contributed by atoms with E-state index >= 15 is 0 Å². The molecule has 1 heterocycles. The number of nitrogen functional groups attached to an aromatic ring is 1. The van der Waals surface area contributed by atoms with Crippen LogP contribution >= 0.6 is 34.5 Å². The molecule has 2 rings (SSSR count). The summed E-state index contributed by atoms with van der Waals surface area (Å²) in [5, 5.41) is 0. The number of ketones is 1. The van der Waals surface area contributed by atoms with E-state index < -0.39 is 0 Å². The number of rotatable bonds is 2. The van der Waals surface area contributed by atoms with E-state index in [0.29, 0.717) is 25.5 Å². The topological polar surface area (TPSA) is 43.1 Å². The van der Waals surface area contributed by atoms with E-state index in [1.807, 2.05) is 19.9 Å². The Morgan fingerprint density at radius 3 is 2.33 bits per heavy atom. The number of hydrogen-bond acceptors (Lipinski definition) is 3. The van der Waals surface area contributed by atoms with Gasteiger partial charge in [0.1, 0.15) is 4.34 Å². The van der Waals surface area contributed by atoms with Gasteiger partial charge in [-0.1, -0.05) is 29.3 Å². The summed E-state index contributed by atoms with van der Waals surface area (Å²) in [6.07, 6.45) is 0. The molecule has 0 saturated heterocycles. The van der Waals surface area contributed by atoms with Gasteiger partial charge in [-0.2, -0.15) is 0 Å². The average Bonchev–Trinajstić information content (AvgIpc) is 2.62. The monoisotopic (exact) mass is 299 g/mol. The van der Waals surface area contributed by atoms with Crippen molar-refractivity contribution in [2.24, 2.45) is 0 Å². The maximum atomic E-state index is 12.4. The lowest BCUT2D eigenvalue weighted by Crippen LogP contribution is -2.05. The molecule has 0 aliphatic rings. The zero-order chi connectivity index (χ0) is 13.4. The van der Waals surface area contributed by atoms with Crippen molar-refractivity contribution in [3.05, 3.63) is 49.1 Å². The van der Waals surface area contributed by atoms with E-state index in [0.717, 1.165) is 11.1 Å². The normalized spacial score (nSPS) is 10.7. The van der Waals surface area contributed by atoms with Gasteiger partial charge in [0.2, 0.25) is 0 Å². The SMILES string of the molecule is Cc1cc(C)c(C(=O)c2cc(Cl)sc2Cl)cc1N. The van der Waals surface area contributed by atoms with Crippen LogP contribution in [0, 0.1) is 13.8 Å². The van der Waals surface area contributed by atoms with Crippen molar-refractivity contribution in [2.75, 3.05) is 5.73 Å². The number of benzene rings is 1. The molecular formula is C13H11Cl2NOS. The molecule has 5 heteroatoms. The number of halogens is 2. The highest BCUT2D eigenvalue weighted by Gasteiger charge is 2.18. The molecule has 2 N–H and O–H groups in total. The highest BCUT2D eigenvalue weighted by molar-refractivity contribution is 7.20. The average molecular weight is 300 g/mol. The fourth-order valence-electron chi connectivity index (χ4n) is 1.75. The predicted octanol–water partition coefficient (Wildman–Crippen LogP) is 4.48. The van der Waals surface area contributed by atoms with Gasteiger partial charge in [0.15, 0.2) is 5.78 Å². The highest BCUT2D eigenvalue weighted by Crippen LogP contribution is 2.33. The number of carbonyl (C=O) groups excluding carboxylic acids is 1. The number of anilines is 1. The quantitative estimate of drug-likeness (QED) is 0.656. The summed E-state index contributed by atoms with van der Waals surface area (Å²) in [6.45, 7) is 3.78. The van der Waals surface area contributed by atoms with Crippen LogP contribution in [0.4, 0.5) is 5.69 Å². The molecule has 0 radical (unpaired) electrons. The molecule has 0 unspecified atom stereocenters. The Labute approximate surface area is 119 Å². The maximum absolute atomic E-state index is 12.4. The van der Waals surface area contributed by atoms with Gasteiger partial charge in [-0.15, -0.1) is 11.3 Å². The molecule has 0 bridgehead atoms. The van der Waals surface area contributed by atoms with E-state index in [1.54, 1.807) is 12.1 Å². The zero-order valence-electron chi connectivity index (χ0n) is 9.88. The Kier molecular flexibility index (Phi) is 3.66. The van der Waals surface area contributed by atoms with E-state index in [9.17, 15) is 4.79 Å². The number of aryl methyl sites for hydroxylation is 2. The van der Waals surface area contributed by atoms with Crippen molar-refractivity contribution >= 4 is 46.0 Å². The lowest BCUT2D eigenvalue weighted by molar-refractivity contribution is 0.103. The highest BCUT2D eigenvalue weighted by atomic mass is 35.5. The molecule has 0 fully saturated rings. The first-order chi connectivity index (χ1) is 8.40. The molecule has 94 valence electrons. The van der Waals surface area contributed by atoms with Crippen LogP contribution in [0.3, 0.4) is 0 Å². The first kappa shape index (κ1) is 13.4. The fraction of sp³-hybridized carbons (Fsp3) is 0.154. The summed E-state index contributed by atoms with van der Waals surface area (Å²) in [5.41, 5.74) is 9.27. The van der Waals surface area contributed by atoms with E-state index in [2.05, 4.69) is 0 Å². The van der Waals surface area contributed by atoms with Crippen LogP contribution in [-0.2, 0) is 0 Å². The van der Waals surface area contributed by atoms with Crippen LogP contribution in [0.1, 0.15) is 27.0 Å². The molecule has 0 saturated carbocycles. The second-order valence-corrected chi connectivity index (χ2v) is 6.38. The summed E-state index contributed by atoms with van der Waals surface area (Å²) in [6, 6.07) is 5.17. The first-order valence-electron chi connectivity index (χ1n) is 5.26. The summed E-state index contributed by atoms with van der Waals surface area (Å²) >= 11 is 13.0. The third-order valence-electron chi connectivity index (χ3n) is 2.76. The molecule has 1 aromatic carbocycles. The lowest BCUT2D eigenvalue weighted by Gasteiger charge is -2.08. The van der Waals surface area contributed by atoms with Crippen molar-refractivity contribution in [3.63, 3.8) is 0 Å². The van der Waals surface area contributed by atoms with Crippen molar-refractivity contribution < 1.29 is 4.79 Å². The van der Waals surface area contributed by atoms with Crippen LogP contribution in [-0.4, -0.2) is 5.78 Å². The van der Waals surface area contributed by atoms with Crippen LogP contribution in [0.2, 0.25) is 8.67 Å². The minimum atomic E-state index is -0.146. The number of hydrogen-bond donors (Lipinski definition) is 1. The second-order valence-electron chi connectivity index (χ2n) is 4.09. The minimum Gasteiger partial charge on any atom is -0.398 e. The fourth-order valence-corrected chi connectivity index (χ4v) is 3.21. The van der Waals surface area contributed by atoms with Gasteiger partial charge in [0.25, 0.3) is 0 Å². The smallest absolute Gasteiger partial charge is 0.195 e. The molecule has 1 aromatic heterocycles. The second kappa shape index (κ2) is 4.92. The van der Waals surface area contributed by atoms with Gasteiger partial charge < -0.3 is 5.73 Å². The van der Waals surface area contributed by atoms with Crippen LogP contribution in [0.5, 0.6) is 0 Å². The van der Waals surface area contributed by atoms with Gasteiger partial charge in [0.05, 0.1) is 9.90 Å². The third-order valence-corrected chi connectivity index (χ3v) is 4.25. The Morgan fingerprint density at radius 1 is 1.11 bits per heavy atom. The minimum absolute atomic E-state index is 0.146. The van der Waals surface area contributed by atoms with Crippen LogP contribution < -0.4 is 5.73 Å². The number of nitrogens with two attached hydrogens (primary N) is 1. The van der Waals surface area contributed by atoms with E-state index in [1.165, 1.54) is 11.3 Å². The molecule has 2 aromatic rings. The summed E-state index contributed by atoms with van der Waals surface area (Å²) in [7, 11) is 0. The largest absolute Gasteiger partial charge is 0.398 e. The molecule has 0 aliphatic heterocycles.